The second kappa shape index (κ2) is 7.04. The average molecular weight is 378 g/mol. The number of rotatable bonds is 4. The third-order valence-electron chi connectivity index (χ3n) is 4.12. The van der Waals surface area contributed by atoms with Gasteiger partial charge in [0.1, 0.15) is 0 Å². The van der Waals surface area contributed by atoms with Crippen LogP contribution in [0.25, 0.3) is 0 Å². The molecule has 1 amide bonds. The first-order valence-electron chi connectivity index (χ1n) is 7.05. The molecule has 1 atom stereocenters. The van der Waals surface area contributed by atoms with E-state index in [1.54, 1.807) is 4.90 Å². The highest BCUT2D eigenvalue weighted by Crippen LogP contribution is 2.30. The molecule has 1 unspecified atom stereocenters. The number of sulfone groups is 1. The van der Waals surface area contributed by atoms with Crippen LogP contribution in [0.4, 0.5) is 5.69 Å². The molecule has 1 fully saturated rings. The van der Waals surface area contributed by atoms with E-state index in [2.05, 4.69) is 0 Å². The Kier molecular flexibility index (Phi) is 5.96. The van der Waals surface area contributed by atoms with E-state index in [1.807, 2.05) is 6.92 Å². The van der Waals surface area contributed by atoms with Crippen LogP contribution in [0, 0.1) is 15.5 Å². The average Bonchev–Trinajstić information content (AvgIpc) is 2.88. The van der Waals surface area contributed by atoms with Crippen molar-refractivity contribution in [3.63, 3.8) is 0 Å². The third-order valence-corrected chi connectivity index (χ3v) is 5.21. The summed E-state index contributed by atoms with van der Waals surface area (Å²) >= 11 is 0. The minimum Gasteiger partial charge on any atom is -0.338 e. The number of non-ortho nitro benzene ring substituents is 1. The van der Waals surface area contributed by atoms with Gasteiger partial charge in [-0.3, -0.25) is 14.9 Å². The molecule has 1 aromatic carbocycles. The molecule has 0 radical (unpaired) electrons. The van der Waals surface area contributed by atoms with Crippen LogP contribution in [-0.4, -0.2) is 50.0 Å². The maximum atomic E-state index is 12.6. The van der Waals surface area contributed by atoms with E-state index in [9.17, 15) is 23.3 Å². The quantitative estimate of drug-likeness (QED) is 0.621. The summed E-state index contributed by atoms with van der Waals surface area (Å²) in [6, 6.07) is 3.25. The first kappa shape index (κ1) is 20.3. The Morgan fingerprint density at radius 2 is 2.04 bits per heavy atom. The van der Waals surface area contributed by atoms with Gasteiger partial charge in [0.05, 0.1) is 9.82 Å². The summed E-state index contributed by atoms with van der Waals surface area (Å²) in [7, 11) is -3.66. The van der Waals surface area contributed by atoms with Gasteiger partial charge >= 0.3 is 0 Å². The molecule has 1 saturated heterocycles. The molecule has 1 aliphatic heterocycles. The van der Waals surface area contributed by atoms with Crippen molar-refractivity contribution in [1.29, 1.82) is 0 Å². The molecule has 1 aliphatic rings. The van der Waals surface area contributed by atoms with Crippen LogP contribution in [0.5, 0.6) is 0 Å². The summed E-state index contributed by atoms with van der Waals surface area (Å²) in [6.45, 7) is 3.33. The van der Waals surface area contributed by atoms with Gasteiger partial charge in [-0.05, 0) is 24.4 Å². The standard InChI is InChI=1S/C14H19N3O5S.ClH/c1-14(8-15)3-4-16(9-14)13(18)10-5-11(17(19)20)7-12(6-10)23(2,21)22;/h5-7H,3-4,8-9,15H2,1-2H3;1H. The number of halogens is 1. The SMILES string of the molecule is CC1(CN)CCN(C(=O)c2cc([N+](=O)[O-])cc(S(C)(=O)=O)c2)C1.Cl. The monoisotopic (exact) mass is 377 g/mol. The molecule has 2 N–H and O–H groups in total. The molecule has 10 heteroatoms. The maximum absolute atomic E-state index is 12.6. The van der Waals surface area contributed by atoms with Gasteiger partial charge in [0.2, 0.25) is 0 Å². The van der Waals surface area contributed by atoms with Gasteiger partial charge < -0.3 is 10.6 Å². The van der Waals surface area contributed by atoms with Crippen LogP contribution in [0.3, 0.4) is 0 Å². The summed E-state index contributed by atoms with van der Waals surface area (Å²) in [6.07, 6.45) is 1.69. The van der Waals surface area contributed by atoms with Crippen LogP contribution >= 0.6 is 12.4 Å². The maximum Gasteiger partial charge on any atom is 0.271 e. The van der Waals surface area contributed by atoms with Crippen LogP contribution in [0.1, 0.15) is 23.7 Å². The Balaban J connectivity index is 0.00000288. The number of amides is 1. The molecule has 134 valence electrons. The molecule has 24 heavy (non-hydrogen) atoms. The highest BCUT2D eigenvalue weighted by molar-refractivity contribution is 7.90. The lowest BCUT2D eigenvalue weighted by Crippen LogP contribution is -2.34. The number of nitrogens with two attached hydrogens (primary N) is 1. The lowest BCUT2D eigenvalue weighted by Gasteiger charge is -2.22. The summed E-state index contributed by atoms with van der Waals surface area (Å²) in [4.78, 5) is 24.2. The Morgan fingerprint density at radius 1 is 1.42 bits per heavy atom. The van der Waals surface area contributed by atoms with Crippen LogP contribution in [-0.2, 0) is 9.84 Å². The minimum atomic E-state index is -3.66. The van der Waals surface area contributed by atoms with E-state index in [-0.39, 0.29) is 28.3 Å². The van der Waals surface area contributed by atoms with Crippen molar-refractivity contribution >= 4 is 33.8 Å². The van der Waals surface area contributed by atoms with Crippen molar-refractivity contribution in [2.45, 2.75) is 18.2 Å². The van der Waals surface area contributed by atoms with Crippen molar-refractivity contribution in [3.8, 4) is 0 Å². The molecule has 2 rings (SSSR count). The van der Waals surface area contributed by atoms with Crippen molar-refractivity contribution in [3.05, 3.63) is 33.9 Å². The fraction of sp³-hybridized carbons (Fsp3) is 0.500. The second-order valence-corrected chi connectivity index (χ2v) is 8.25. The summed E-state index contributed by atoms with van der Waals surface area (Å²) < 4.78 is 23.4. The number of likely N-dealkylation sites (tertiary alicyclic amines) is 1. The lowest BCUT2D eigenvalue weighted by molar-refractivity contribution is -0.385. The van der Waals surface area contributed by atoms with Gasteiger partial charge in [-0.1, -0.05) is 6.92 Å². The molecule has 1 aromatic rings. The largest absolute Gasteiger partial charge is 0.338 e. The van der Waals surface area contributed by atoms with Gasteiger partial charge in [-0.25, -0.2) is 8.42 Å². The number of hydrogen-bond donors (Lipinski definition) is 1. The number of nitro benzene ring substituents is 1. The summed E-state index contributed by atoms with van der Waals surface area (Å²) in [5, 5.41) is 11.0. The summed E-state index contributed by atoms with van der Waals surface area (Å²) in [5.41, 5.74) is 5.10. The highest BCUT2D eigenvalue weighted by Gasteiger charge is 2.35. The van der Waals surface area contributed by atoms with Gasteiger partial charge in [-0.15, -0.1) is 12.4 Å². The van der Waals surface area contributed by atoms with Gasteiger partial charge in [0.25, 0.3) is 11.6 Å². The predicted molar refractivity (Wildman–Crippen MR) is 91.1 cm³/mol. The number of benzene rings is 1. The first-order chi connectivity index (χ1) is 10.6. The Hall–Kier alpha value is -1.71. The lowest BCUT2D eigenvalue weighted by atomic mass is 9.90. The first-order valence-corrected chi connectivity index (χ1v) is 8.94. The third kappa shape index (κ3) is 4.22. The zero-order valence-corrected chi connectivity index (χ0v) is 15.0. The van der Waals surface area contributed by atoms with Crippen molar-refractivity contribution in [2.75, 3.05) is 25.9 Å². The van der Waals surface area contributed by atoms with E-state index in [0.29, 0.717) is 19.6 Å². The Morgan fingerprint density at radius 3 is 2.50 bits per heavy atom. The molecule has 0 bridgehead atoms. The smallest absolute Gasteiger partial charge is 0.271 e. The number of nitro groups is 1. The normalized spacial score (nSPS) is 20.5. The number of nitrogens with zero attached hydrogens (tertiary/aromatic N) is 2. The number of hydrogen-bond acceptors (Lipinski definition) is 6. The fourth-order valence-corrected chi connectivity index (χ4v) is 3.25. The zero-order chi connectivity index (χ0) is 17.4. The molecule has 0 saturated carbocycles. The molecule has 1 heterocycles. The number of carbonyl (C=O) groups excluding carboxylic acids is 1. The van der Waals surface area contributed by atoms with E-state index >= 15 is 0 Å². The van der Waals surface area contributed by atoms with Gasteiger partial charge in [0, 0.05) is 37.0 Å². The Bertz CT molecular complexity index is 768. The van der Waals surface area contributed by atoms with E-state index in [1.165, 1.54) is 6.07 Å². The van der Waals surface area contributed by atoms with Gasteiger partial charge in [-0.2, -0.15) is 0 Å². The fourth-order valence-electron chi connectivity index (χ4n) is 2.57. The molecule has 8 nitrogen and oxygen atoms in total. The molecular formula is C14H20ClN3O5S. The summed E-state index contributed by atoms with van der Waals surface area (Å²) in [5.74, 6) is -0.421. The molecule has 0 aliphatic carbocycles. The second-order valence-electron chi connectivity index (χ2n) is 6.24. The topological polar surface area (TPSA) is 124 Å². The van der Waals surface area contributed by atoms with E-state index in [4.69, 9.17) is 5.73 Å². The van der Waals surface area contributed by atoms with Gasteiger partial charge in [0.15, 0.2) is 9.84 Å². The minimum absolute atomic E-state index is 0. The predicted octanol–water partition coefficient (Wildman–Crippen LogP) is 1.23. The van der Waals surface area contributed by atoms with Crippen molar-refractivity contribution < 1.29 is 18.1 Å². The highest BCUT2D eigenvalue weighted by atomic mass is 35.5. The molecule has 0 aromatic heterocycles. The molecule has 0 spiro atoms. The van der Waals surface area contributed by atoms with E-state index in [0.717, 1.165) is 24.8 Å². The van der Waals surface area contributed by atoms with E-state index < -0.39 is 26.4 Å². The van der Waals surface area contributed by atoms with Crippen molar-refractivity contribution in [2.24, 2.45) is 11.1 Å². The Labute approximate surface area is 146 Å². The van der Waals surface area contributed by atoms with Crippen molar-refractivity contribution in [1.82, 2.24) is 4.90 Å². The van der Waals surface area contributed by atoms with Crippen LogP contribution < -0.4 is 5.73 Å². The van der Waals surface area contributed by atoms with Crippen LogP contribution in [0.15, 0.2) is 23.1 Å². The number of carbonyl (C=O) groups is 1. The molecular weight excluding hydrogens is 358 g/mol. The van der Waals surface area contributed by atoms with Crippen LogP contribution in [0.2, 0.25) is 0 Å². The zero-order valence-electron chi connectivity index (χ0n) is 13.4.